The lowest BCUT2D eigenvalue weighted by atomic mass is 10.1. The van der Waals surface area contributed by atoms with Gasteiger partial charge in [0.25, 0.3) is 0 Å². The summed E-state index contributed by atoms with van der Waals surface area (Å²) in [6, 6.07) is 7.43. The molecule has 1 aromatic rings. The van der Waals surface area contributed by atoms with Crippen molar-refractivity contribution in [1.82, 2.24) is 10.2 Å². The first kappa shape index (κ1) is 17.9. The standard InChI is InChI=1S/C20H29N3O2/c1-2-19(24)23-17-10-6-5-9-16(17)15-18(23)20(25)21-11-14-22-12-7-3-4-8-13-22/h5-6,9-10,18H,2-4,7-8,11-15H2,1H3,(H,21,25). The van der Waals surface area contributed by atoms with Crippen molar-refractivity contribution in [3.63, 3.8) is 0 Å². The molecule has 2 amide bonds. The first-order valence-electron chi connectivity index (χ1n) is 9.60. The number of carbonyl (C=O) groups excluding carboxylic acids is 2. The van der Waals surface area contributed by atoms with Crippen LogP contribution in [0.1, 0.15) is 44.6 Å². The smallest absolute Gasteiger partial charge is 0.243 e. The molecule has 2 aliphatic heterocycles. The lowest BCUT2D eigenvalue weighted by Crippen LogP contribution is -2.49. The Morgan fingerprint density at radius 2 is 1.84 bits per heavy atom. The Labute approximate surface area is 150 Å². The monoisotopic (exact) mass is 343 g/mol. The number of para-hydroxylation sites is 1. The summed E-state index contributed by atoms with van der Waals surface area (Å²) in [6.07, 6.45) is 6.16. The minimum absolute atomic E-state index is 0.0117. The van der Waals surface area contributed by atoms with Crippen molar-refractivity contribution in [1.29, 1.82) is 0 Å². The number of anilines is 1. The maximum Gasteiger partial charge on any atom is 0.243 e. The Morgan fingerprint density at radius 3 is 2.56 bits per heavy atom. The van der Waals surface area contributed by atoms with Crippen molar-refractivity contribution in [3.05, 3.63) is 29.8 Å². The minimum atomic E-state index is -0.408. The van der Waals surface area contributed by atoms with E-state index in [0.29, 0.717) is 19.4 Å². The molecule has 1 atom stereocenters. The topological polar surface area (TPSA) is 52.7 Å². The quantitative estimate of drug-likeness (QED) is 0.893. The summed E-state index contributed by atoms with van der Waals surface area (Å²) in [5, 5.41) is 3.06. The molecule has 0 radical (unpaired) electrons. The van der Waals surface area contributed by atoms with Crippen LogP contribution in [0.3, 0.4) is 0 Å². The highest BCUT2D eigenvalue weighted by atomic mass is 16.2. The van der Waals surface area contributed by atoms with Gasteiger partial charge >= 0.3 is 0 Å². The SMILES string of the molecule is CCC(=O)N1c2ccccc2CC1C(=O)NCCN1CCCCCC1. The first-order chi connectivity index (χ1) is 12.2. The zero-order valence-electron chi connectivity index (χ0n) is 15.2. The van der Waals surface area contributed by atoms with Crippen LogP contribution in [-0.2, 0) is 16.0 Å². The van der Waals surface area contributed by atoms with E-state index in [0.717, 1.165) is 30.9 Å². The van der Waals surface area contributed by atoms with E-state index in [2.05, 4.69) is 10.2 Å². The molecule has 0 spiro atoms. The number of amides is 2. The number of carbonyl (C=O) groups is 2. The van der Waals surface area contributed by atoms with Crippen LogP contribution in [-0.4, -0.2) is 48.9 Å². The molecule has 2 aliphatic rings. The summed E-state index contributed by atoms with van der Waals surface area (Å²) >= 11 is 0. The van der Waals surface area contributed by atoms with Crippen LogP contribution >= 0.6 is 0 Å². The molecule has 1 saturated heterocycles. The molecule has 1 unspecified atom stereocenters. The van der Waals surface area contributed by atoms with Crippen molar-refractivity contribution in [2.24, 2.45) is 0 Å². The summed E-state index contributed by atoms with van der Waals surface area (Å²) in [5.74, 6) is -0.0227. The number of nitrogens with zero attached hydrogens (tertiary/aromatic N) is 2. The zero-order valence-corrected chi connectivity index (χ0v) is 15.2. The van der Waals surface area contributed by atoms with Gasteiger partial charge in [-0.1, -0.05) is 38.0 Å². The van der Waals surface area contributed by atoms with Gasteiger partial charge in [-0.05, 0) is 37.6 Å². The molecule has 3 rings (SSSR count). The Morgan fingerprint density at radius 1 is 1.12 bits per heavy atom. The van der Waals surface area contributed by atoms with E-state index in [4.69, 9.17) is 0 Å². The predicted molar refractivity (Wildman–Crippen MR) is 99.6 cm³/mol. The third-order valence-electron chi connectivity index (χ3n) is 5.28. The number of benzene rings is 1. The molecule has 1 N–H and O–H groups in total. The van der Waals surface area contributed by atoms with Gasteiger partial charge in [-0.25, -0.2) is 0 Å². The second-order valence-electron chi connectivity index (χ2n) is 7.01. The van der Waals surface area contributed by atoms with E-state index in [1.54, 1.807) is 4.90 Å². The van der Waals surface area contributed by atoms with Gasteiger partial charge < -0.3 is 10.2 Å². The van der Waals surface area contributed by atoms with E-state index < -0.39 is 6.04 Å². The van der Waals surface area contributed by atoms with Crippen LogP contribution in [0.4, 0.5) is 5.69 Å². The number of nitrogens with one attached hydrogen (secondary N) is 1. The maximum atomic E-state index is 12.7. The second-order valence-corrected chi connectivity index (χ2v) is 7.01. The molecule has 0 saturated carbocycles. The van der Waals surface area contributed by atoms with Gasteiger partial charge in [0, 0.05) is 31.6 Å². The predicted octanol–water partition coefficient (Wildman–Crippen LogP) is 2.35. The van der Waals surface area contributed by atoms with E-state index in [9.17, 15) is 9.59 Å². The molecule has 0 aromatic heterocycles. The lowest BCUT2D eigenvalue weighted by Gasteiger charge is -2.25. The van der Waals surface area contributed by atoms with Crippen LogP contribution in [0.15, 0.2) is 24.3 Å². The molecule has 1 fully saturated rings. The van der Waals surface area contributed by atoms with Gasteiger partial charge in [-0.2, -0.15) is 0 Å². The first-order valence-corrected chi connectivity index (χ1v) is 9.60. The molecule has 25 heavy (non-hydrogen) atoms. The average Bonchev–Trinajstić information content (AvgIpc) is 2.83. The number of hydrogen-bond acceptors (Lipinski definition) is 3. The van der Waals surface area contributed by atoms with Crippen molar-refractivity contribution in [2.45, 2.75) is 51.5 Å². The highest BCUT2D eigenvalue weighted by Crippen LogP contribution is 2.32. The summed E-state index contributed by atoms with van der Waals surface area (Å²) in [5.41, 5.74) is 1.97. The zero-order chi connectivity index (χ0) is 17.6. The van der Waals surface area contributed by atoms with Gasteiger partial charge in [0.05, 0.1) is 0 Å². The molecule has 5 heteroatoms. The molecule has 136 valence electrons. The van der Waals surface area contributed by atoms with Crippen molar-refractivity contribution < 1.29 is 9.59 Å². The fraction of sp³-hybridized carbons (Fsp3) is 0.600. The lowest BCUT2D eigenvalue weighted by molar-refractivity contribution is -0.126. The second kappa shape index (κ2) is 8.48. The molecular weight excluding hydrogens is 314 g/mol. The summed E-state index contributed by atoms with van der Waals surface area (Å²) in [4.78, 5) is 29.2. The Kier molecular flexibility index (Phi) is 6.08. The summed E-state index contributed by atoms with van der Waals surface area (Å²) in [7, 11) is 0. The molecular formula is C20H29N3O2. The van der Waals surface area contributed by atoms with E-state index in [1.807, 2.05) is 31.2 Å². The van der Waals surface area contributed by atoms with Crippen LogP contribution in [0.25, 0.3) is 0 Å². The van der Waals surface area contributed by atoms with Crippen LogP contribution in [0.2, 0.25) is 0 Å². The normalized spacial score (nSPS) is 20.8. The largest absolute Gasteiger partial charge is 0.353 e. The maximum absolute atomic E-state index is 12.7. The van der Waals surface area contributed by atoms with Crippen molar-refractivity contribution >= 4 is 17.5 Å². The van der Waals surface area contributed by atoms with Crippen LogP contribution in [0, 0.1) is 0 Å². The number of rotatable bonds is 5. The summed E-state index contributed by atoms with van der Waals surface area (Å²) in [6.45, 7) is 5.65. The Balaban J connectivity index is 1.58. The van der Waals surface area contributed by atoms with Gasteiger partial charge in [-0.3, -0.25) is 14.5 Å². The Bertz CT molecular complexity index is 609. The Hall–Kier alpha value is -1.88. The highest BCUT2D eigenvalue weighted by Gasteiger charge is 2.37. The van der Waals surface area contributed by atoms with E-state index in [1.165, 1.54) is 25.7 Å². The third kappa shape index (κ3) is 4.21. The minimum Gasteiger partial charge on any atom is -0.353 e. The number of hydrogen-bond donors (Lipinski definition) is 1. The van der Waals surface area contributed by atoms with Crippen molar-refractivity contribution in [3.8, 4) is 0 Å². The summed E-state index contributed by atoms with van der Waals surface area (Å²) < 4.78 is 0. The van der Waals surface area contributed by atoms with Crippen LogP contribution in [0.5, 0.6) is 0 Å². The number of likely N-dealkylation sites (tertiary alicyclic amines) is 1. The van der Waals surface area contributed by atoms with Crippen molar-refractivity contribution in [2.75, 3.05) is 31.1 Å². The fourth-order valence-corrected chi connectivity index (χ4v) is 3.89. The molecule has 2 heterocycles. The van der Waals surface area contributed by atoms with Gasteiger partial charge in [-0.15, -0.1) is 0 Å². The van der Waals surface area contributed by atoms with Gasteiger partial charge in [0.1, 0.15) is 6.04 Å². The van der Waals surface area contributed by atoms with E-state index in [-0.39, 0.29) is 11.8 Å². The fourth-order valence-electron chi connectivity index (χ4n) is 3.89. The third-order valence-corrected chi connectivity index (χ3v) is 5.28. The number of fused-ring (bicyclic) bond motifs is 1. The molecule has 5 nitrogen and oxygen atoms in total. The van der Waals surface area contributed by atoms with Crippen LogP contribution < -0.4 is 10.2 Å². The molecule has 0 bridgehead atoms. The molecule has 0 aliphatic carbocycles. The van der Waals surface area contributed by atoms with E-state index >= 15 is 0 Å². The van der Waals surface area contributed by atoms with Gasteiger partial charge in [0.15, 0.2) is 0 Å². The molecule has 1 aromatic carbocycles. The highest BCUT2D eigenvalue weighted by molar-refractivity contribution is 6.03. The average molecular weight is 343 g/mol. The van der Waals surface area contributed by atoms with Gasteiger partial charge in [0.2, 0.25) is 11.8 Å².